The first-order valence-electron chi connectivity index (χ1n) is 8.10. The minimum Gasteiger partial charge on any atom is -0.493 e. The summed E-state index contributed by atoms with van der Waals surface area (Å²) >= 11 is 0. The maximum atomic E-state index is 9.50. The summed E-state index contributed by atoms with van der Waals surface area (Å²) in [5.74, 6) is 2.25. The zero-order chi connectivity index (χ0) is 15.7. The number of ether oxygens (including phenoxy) is 2. The van der Waals surface area contributed by atoms with Crippen LogP contribution in [0.2, 0.25) is 0 Å². The number of hydrogen-bond donors (Lipinski definition) is 0. The van der Waals surface area contributed by atoms with Gasteiger partial charge in [-0.1, -0.05) is 13.3 Å². The summed E-state index contributed by atoms with van der Waals surface area (Å²) in [7, 11) is 3.36. The van der Waals surface area contributed by atoms with Crippen LogP contribution in [0.3, 0.4) is 0 Å². The Kier molecular flexibility index (Phi) is 4.26. The van der Waals surface area contributed by atoms with Crippen molar-refractivity contribution in [3.63, 3.8) is 0 Å². The summed E-state index contributed by atoms with van der Waals surface area (Å²) < 4.78 is 10.9. The molecule has 0 aliphatic carbocycles. The summed E-state index contributed by atoms with van der Waals surface area (Å²) in [5.41, 5.74) is 2.66. The smallest absolute Gasteiger partial charge is 0.161 e. The highest BCUT2D eigenvalue weighted by molar-refractivity contribution is 5.49. The Morgan fingerprint density at radius 2 is 2.00 bits per heavy atom. The molecule has 0 spiro atoms. The van der Waals surface area contributed by atoms with E-state index in [9.17, 15) is 5.26 Å². The first-order valence-corrected chi connectivity index (χ1v) is 8.10. The number of benzene rings is 1. The van der Waals surface area contributed by atoms with Crippen molar-refractivity contribution in [3.8, 4) is 17.6 Å². The number of fused-ring (bicyclic) bond motifs is 3. The van der Waals surface area contributed by atoms with Crippen molar-refractivity contribution in [2.24, 2.45) is 11.8 Å². The van der Waals surface area contributed by atoms with E-state index in [0.717, 1.165) is 43.9 Å². The number of nitrogens with zero attached hydrogens (tertiary/aromatic N) is 2. The standard InChI is InChI=1S/C18H24N2O2/c1-4-12-11-20-6-5-13-8-17(21-2)18(22-3)9-15(13)16(20)7-14(12)10-19/h8-9,12,14,16H,4-7,11H2,1-3H3. The molecule has 3 rings (SSSR count). The molecule has 22 heavy (non-hydrogen) atoms. The Labute approximate surface area is 132 Å². The Morgan fingerprint density at radius 1 is 1.27 bits per heavy atom. The Hall–Kier alpha value is -1.73. The van der Waals surface area contributed by atoms with Gasteiger partial charge in [-0.15, -0.1) is 0 Å². The topological polar surface area (TPSA) is 45.5 Å². The lowest BCUT2D eigenvalue weighted by Crippen LogP contribution is -2.45. The molecule has 2 aliphatic heterocycles. The second-order valence-corrected chi connectivity index (χ2v) is 6.31. The molecule has 3 atom stereocenters. The van der Waals surface area contributed by atoms with Gasteiger partial charge in [0.2, 0.25) is 0 Å². The SMILES string of the molecule is CCC1CN2CCc3cc(OC)c(OC)cc3C2CC1C#N. The van der Waals surface area contributed by atoms with Gasteiger partial charge in [0.1, 0.15) is 0 Å². The van der Waals surface area contributed by atoms with Crippen molar-refractivity contribution in [1.29, 1.82) is 5.26 Å². The van der Waals surface area contributed by atoms with Crippen molar-refractivity contribution >= 4 is 0 Å². The number of piperidine rings is 1. The fourth-order valence-corrected chi connectivity index (χ4v) is 4.01. The van der Waals surface area contributed by atoms with Gasteiger partial charge in [-0.25, -0.2) is 0 Å². The molecule has 0 radical (unpaired) electrons. The van der Waals surface area contributed by atoms with Crippen molar-refractivity contribution in [2.75, 3.05) is 27.3 Å². The molecule has 1 aromatic carbocycles. The van der Waals surface area contributed by atoms with Crippen LogP contribution in [0.4, 0.5) is 0 Å². The Balaban J connectivity index is 1.97. The number of nitriles is 1. The largest absolute Gasteiger partial charge is 0.493 e. The number of hydrogen-bond acceptors (Lipinski definition) is 4. The van der Waals surface area contributed by atoms with Gasteiger partial charge in [-0.3, -0.25) is 4.90 Å². The van der Waals surface area contributed by atoms with Crippen LogP contribution in [0.25, 0.3) is 0 Å². The third-order valence-electron chi connectivity index (χ3n) is 5.32. The zero-order valence-electron chi connectivity index (χ0n) is 13.6. The van der Waals surface area contributed by atoms with Crippen molar-refractivity contribution in [1.82, 2.24) is 4.90 Å². The van der Waals surface area contributed by atoms with Gasteiger partial charge >= 0.3 is 0 Å². The maximum Gasteiger partial charge on any atom is 0.161 e. The van der Waals surface area contributed by atoms with E-state index < -0.39 is 0 Å². The van der Waals surface area contributed by atoms with Gasteiger partial charge in [0, 0.05) is 19.1 Å². The molecule has 0 amide bonds. The van der Waals surface area contributed by atoms with Crippen molar-refractivity contribution in [2.45, 2.75) is 32.2 Å². The van der Waals surface area contributed by atoms with Gasteiger partial charge in [0.25, 0.3) is 0 Å². The highest BCUT2D eigenvalue weighted by Gasteiger charge is 2.38. The predicted octanol–water partition coefficient (Wildman–Crippen LogP) is 3.17. The van der Waals surface area contributed by atoms with E-state index in [-0.39, 0.29) is 5.92 Å². The van der Waals surface area contributed by atoms with Crippen LogP contribution in [-0.4, -0.2) is 32.2 Å². The first kappa shape index (κ1) is 15.2. The average Bonchev–Trinajstić information content (AvgIpc) is 2.58. The average molecular weight is 300 g/mol. The van der Waals surface area contributed by atoms with E-state index in [1.165, 1.54) is 11.1 Å². The molecule has 1 fully saturated rings. The van der Waals surface area contributed by atoms with Gasteiger partial charge in [-0.05, 0) is 42.0 Å². The van der Waals surface area contributed by atoms with Crippen LogP contribution in [0.15, 0.2) is 12.1 Å². The molecular formula is C18H24N2O2. The minimum atomic E-state index is 0.158. The maximum absolute atomic E-state index is 9.50. The monoisotopic (exact) mass is 300 g/mol. The van der Waals surface area contributed by atoms with Crippen LogP contribution >= 0.6 is 0 Å². The van der Waals surface area contributed by atoms with Gasteiger partial charge in [-0.2, -0.15) is 5.26 Å². The molecule has 0 aromatic heterocycles. The third kappa shape index (κ3) is 2.44. The molecule has 0 bridgehead atoms. The predicted molar refractivity (Wildman–Crippen MR) is 85.1 cm³/mol. The molecule has 3 unspecified atom stereocenters. The number of rotatable bonds is 3. The lowest BCUT2D eigenvalue weighted by atomic mass is 9.76. The fourth-order valence-electron chi connectivity index (χ4n) is 4.01. The molecule has 2 aliphatic rings. The fraction of sp³-hybridized carbons (Fsp3) is 0.611. The molecule has 4 heteroatoms. The lowest BCUT2D eigenvalue weighted by Gasteiger charge is -2.45. The molecule has 2 heterocycles. The molecule has 1 saturated heterocycles. The summed E-state index contributed by atoms with van der Waals surface area (Å²) in [4.78, 5) is 2.55. The third-order valence-corrected chi connectivity index (χ3v) is 5.32. The van der Waals surface area contributed by atoms with E-state index in [2.05, 4.69) is 30.0 Å². The van der Waals surface area contributed by atoms with E-state index in [1.807, 2.05) is 0 Å². The highest BCUT2D eigenvalue weighted by atomic mass is 16.5. The van der Waals surface area contributed by atoms with E-state index in [1.54, 1.807) is 14.2 Å². The van der Waals surface area contributed by atoms with Gasteiger partial charge in [0.15, 0.2) is 11.5 Å². The van der Waals surface area contributed by atoms with E-state index in [4.69, 9.17) is 9.47 Å². The minimum absolute atomic E-state index is 0.158. The summed E-state index contributed by atoms with van der Waals surface area (Å²) in [6.45, 7) is 4.30. The lowest BCUT2D eigenvalue weighted by molar-refractivity contribution is 0.0718. The highest BCUT2D eigenvalue weighted by Crippen LogP contribution is 2.44. The molecular weight excluding hydrogens is 276 g/mol. The second kappa shape index (κ2) is 6.18. The Morgan fingerprint density at radius 3 is 2.64 bits per heavy atom. The van der Waals surface area contributed by atoms with Crippen molar-refractivity contribution < 1.29 is 9.47 Å². The molecule has 0 N–H and O–H groups in total. The second-order valence-electron chi connectivity index (χ2n) is 6.31. The van der Waals surface area contributed by atoms with Gasteiger partial charge in [0.05, 0.1) is 26.2 Å². The zero-order valence-corrected chi connectivity index (χ0v) is 13.6. The van der Waals surface area contributed by atoms with Crippen LogP contribution < -0.4 is 9.47 Å². The van der Waals surface area contributed by atoms with E-state index in [0.29, 0.717) is 12.0 Å². The molecule has 0 saturated carbocycles. The quantitative estimate of drug-likeness (QED) is 0.860. The first-order chi connectivity index (χ1) is 10.7. The normalized spacial score (nSPS) is 27.5. The molecule has 118 valence electrons. The summed E-state index contributed by atoms with van der Waals surface area (Å²) in [6, 6.07) is 7.11. The molecule has 1 aromatic rings. The summed E-state index contributed by atoms with van der Waals surface area (Å²) in [6.07, 6.45) is 3.05. The number of methoxy groups -OCH3 is 2. The van der Waals surface area contributed by atoms with Gasteiger partial charge < -0.3 is 9.47 Å². The molecule has 4 nitrogen and oxygen atoms in total. The van der Waals surface area contributed by atoms with Crippen LogP contribution in [0, 0.1) is 23.2 Å². The van der Waals surface area contributed by atoms with Crippen molar-refractivity contribution in [3.05, 3.63) is 23.3 Å². The van der Waals surface area contributed by atoms with E-state index >= 15 is 0 Å². The van der Waals surface area contributed by atoms with Crippen LogP contribution in [-0.2, 0) is 6.42 Å². The summed E-state index contributed by atoms with van der Waals surface area (Å²) in [5, 5.41) is 9.50. The van der Waals surface area contributed by atoms with Crippen LogP contribution in [0.1, 0.15) is 36.9 Å². The Bertz CT molecular complexity index is 593. The van der Waals surface area contributed by atoms with Crippen LogP contribution in [0.5, 0.6) is 11.5 Å².